The molecule has 0 amide bonds. The standard InChI is InChI=1S/C21H32O2/c1-6-12-20(22-5)13-15-21(16-14-20,19(2,3)4)23-17-18-10-8-7-9-11-18/h6-11H,1,12-17H2,2-5H3. The zero-order chi connectivity index (χ0) is 17.0. The molecule has 0 bridgehead atoms. The molecule has 1 fully saturated rings. The molecule has 0 unspecified atom stereocenters. The SMILES string of the molecule is C=CCC1(OC)CCC(OCc2ccccc2)(C(C)(C)C)CC1. The van der Waals surface area contributed by atoms with Crippen molar-refractivity contribution in [1.82, 2.24) is 0 Å². The monoisotopic (exact) mass is 316 g/mol. The Morgan fingerprint density at radius 1 is 1.09 bits per heavy atom. The summed E-state index contributed by atoms with van der Waals surface area (Å²) in [7, 11) is 1.83. The van der Waals surface area contributed by atoms with Gasteiger partial charge in [-0.15, -0.1) is 6.58 Å². The van der Waals surface area contributed by atoms with E-state index in [9.17, 15) is 0 Å². The Balaban J connectivity index is 2.11. The van der Waals surface area contributed by atoms with Crippen molar-refractivity contribution in [3.05, 3.63) is 48.6 Å². The lowest BCUT2D eigenvalue weighted by atomic mass is 9.64. The second-order valence-electron chi connectivity index (χ2n) is 7.90. The maximum atomic E-state index is 6.56. The molecule has 0 heterocycles. The van der Waals surface area contributed by atoms with Crippen LogP contribution in [0, 0.1) is 5.41 Å². The van der Waals surface area contributed by atoms with E-state index in [0.717, 1.165) is 32.1 Å². The van der Waals surface area contributed by atoms with E-state index in [4.69, 9.17) is 9.47 Å². The molecule has 0 aromatic heterocycles. The highest BCUT2D eigenvalue weighted by atomic mass is 16.5. The van der Waals surface area contributed by atoms with Gasteiger partial charge < -0.3 is 9.47 Å². The number of methoxy groups -OCH3 is 1. The van der Waals surface area contributed by atoms with Gasteiger partial charge in [-0.2, -0.15) is 0 Å². The Labute approximate surface area is 141 Å². The summed E-state index contributed by atoms with van der Waals surface area (Å²) >= 11 is 0. The first-order valence-electron chi connectivity index (χ1n) is 8.70. The number of hydrogen-bond acceptors (Lipinski definition) is 2. The van der Waals surface area contributed by atoms with Crippen molar-refractivity contribution in [2.24, 2.45) is 5.41 Å². The van der Waals surface area contributed by atoms with Gasteiger partial charge in [-0.25, -0.2) is 0 Å². The molecule has 0 aliphatic heterocycles. The topological polar surface area (TPSA) is 18.5 Å². The van der Waals surface area contributed by atoms with Crippen molar-refractivity contribution < 1.29 is 9.47 Å². The molecule has 1 aromatic carbocycles. The smallest absolute Gasteiger partial charge is 0.0737 e. The summed E-state index contributed by atoms with van der Waals surface area (Å²) in [4.78, 5) is 0. The molecule has 2 rings (SSSR count). The predicted octanol–water partition coefficient (Wildman–Crippen LogP) is 5.52. The molecule has 0 atom stereocenters. The quantitative estimate of drug-likeness (QED) is 0.643. The lowest BCUT2D eigenvalue weighted by molar-refractivity contribution is -0.179. The highest BCUT2D eigenvalue weighted by Crippen LogP contribution is 2.49. The van der Waals surface area contributed by atoms with Crippen LogP contribution in [-0.2, 0) is 16.1 Å². The zero-order valence-corrected chi connectivity index (χ0v) is 15.2. The first-order chi connectivity index (χ1) is 10.9. The van der Waals surface area contributed by atoms with Crippen LogP contribution in [0.4, 0.5) is 0 Å². The van der Waals surface area contributed by atoms with E-state index in [0.29, 0.717) is 6.61 Å². The highest BCUT2D eigenvalue weighted by Gasteiger charge is 2.49. The molecule has 0 N–H and O–H groups in total. The molecule has 23 heavy (non-hydrogen) atoms. The molecule has 128 valence electrons. The zero-order valence-electron chi connectivity index (χ0n) is 15.2. The Morgan fingerprint density at radius 2 is 1.70 bits per heavy atom. The minimum Gasteiger partial charge on any atom is -0.378 e. The van der Waals surface area contributed by atoms with Crippen molar-refractivity contribution in [1.29, 1.82) is 0 Å². The molecular weight excluding hydrogens is 284 g/mol. The van der Waals surface area contributed by atoms with Gasteiger partial charge in [-0.05, 0) is 43.1 Å². The molecule has 0 saturated heterocycles. The normalized spacial score (nSPS) is 28.5. The second kappa shape index (κ2) is 7.19. The van der Waals surface area contributed by atoms with Crippen LogP contribution in [0.3, 0.4) is 0 Å². The van der Waals surface area contributed by atoms with Crippen LogP contribution in [0.1, 0.15) is 58.4 Å². The number of benzene rings is 1. The van der Waals surface area contributed by atoms with Crippen LogP contribution in [0.25, 0.3) is 0 Å². The summed E-state index contributed by atoms with van der Waals surface area (Å²) in [6.07, 6.45) is 7.03. The molecule has 2 nitrogen and oxygen atoms in total. The van der Waals surface area contributed by atoms with Crippen LogP contribution < -0.4 is 0 Å². The van der Waals surface area contributed by atoms with E-state index < -0.39 is 0 Å². The van der Waals surface area contributed by atoms with E-state index in [-0.39, 0.29) is 16.6 Å². The molecule has 1 aliphatic carbocycles. The first kappa shape index (κ1) is 18.2. The first-order valence-corrected chi connectivity index (χ1v) is 8.70. The fourth-order valence-corrected chi connectivity index (χ4v) is 3.77. The van der Waals surface area contributed by atoms with Gasteiger partial charge in [0.25, 0.3) is 0 Å². The van der Waals surface area contributed by atoms with Crippen LogP contribution in [0.2, 0.25) is 0 Å². The van der Waals surface area contributed by atoms with Gasteiger partial charge in [0.2, 0.25) is 0 Å². The fourth-order valence-electron chi connectivity index (χ4n) is 3.77. The van der Waals surface area contributed by atoms with Gasteiger partial charge in [0.1, 0.15) is 0 Å². The Hall–Kier alpha value is -1.12. The third-order valence-electron chi connectivity index (χ3n) is 5.64. The van der Waals surface area contributed by atoms with Crippen LogP contribution >= 0.6 is 0 Å². The number of ether oxygens (including phenoxy) is 2. The van der Waals surface area contributed by atoms with Gasteiger partial charge in [-0.3, -0.25) is 0 Å². The van der Waals surface area contributed by atoms with Crippen LogP contribution in [0.5, 0.6) is 0 Å². The number of hydrogen-bond donors (Lipinski definition) is 0. The summed E-state index contributed by atoms with van der Waals surface area (Å²) in [5.41, 5.74) is 1.21. The Morgan fingerprint density at radius 3 is 2.17 bits per heavy atom. The lowest BCUT2D eigenvalue weighted by Gasteiger charge is -2.51. The highest BCUT2D eigenvalue weighted by molar-refractivity contribution is 5.14. The van der Waals surface area contributed by atoms with E-state index in [2.05, 4.69) is 51.6 Å². The van der Waals surface area contributed by atoms with E-state index in [1.165, 1.54) is 5.56 Å². The molecule has 0 radical (unpaired) electrons. The van der Waals surface area contributed by atoms with Crippen molar-refractivity contribution in [3.63, 3.8) is 0 Å². The molecule has 2 heteroatoms. The largest absolute Gasteiger partial charge is 0.378 e. The average molecular weight is 316 g/mol. The maximum Gasteiger partial charge on any atom is 0.0737 e. The fraction of sp³-hybridized carbons (Fsp3) is 0.619. The lowest BCUT2D eigenvalue weighted by Crippen LogP contribution is -2.52. The molecule has 1 aliphatic rings. The third kappa shape index (κ3) is 4.05. The average Bonchev–Trinajstić information content (AvgIpc) is 2.54. The molecule has 1 aromatic rings. The summed E-state index contributed by atoms with van der Waals surface area (Å²) in [6, 6.07) is 10.5. The summed E-state index contributed by atoms with van der Waals surface area (Å²) in [5, 5.41) is 0. The van der Waals surface area contributed by atoms with E-state index in [1.807, 2.05) is 19.3 Å². The molecule has 1 saturated carbocycles. The minimum atomic E-state index is -0.0912. The second-order valence-corrected chi connectivity index (χ2v) is 7.90. The van der Waals surface area contributed by atoms with Crippen molar-refractivity contribution in [3.8, 4) is 0 Å². The van der Waals surface area contributed by atoms with E-state index >= 15 is 0 Å². The Bertz CT molecular complexity index is 490. The van der Waals surface area contributed by atoms with Gasteiger partial charge in [0, 0.05) is 7.11 Å². The van der Waals surface area contributed by atoms with Gasteiger partial charge in [-0.1, -0.05) is 57.2 Å². The minimum absolute atomic E-state index is 0.0490. The third-order valence-corrected chi connectivity index (χ3v) is 5.64. The summed E-state index contributed by atoms with van der Waals surface area (Å²) in [6.45, 7) is 11.5. The van der Waals surface area contributed by atoms with Gasteiger partial charge in [0.15, 0.2) is 0 Å². The van der Waals surface area contributed by atoms with E-state index in [1.54, 1.807) is 0 Å². The van der Waals surface area contributed by atoms with Gasteiger partial charge in [0.05, 0.1) is 17.8 Å². The van der Waals surface area contributed by atoms with Crippen molar-refractivity contribution in [2.75, 3.05) is 7.11 Å². The Kier molecular flexibility index (Phi) is 5.70. The number of rotatable bonds is 6. The summed E-state index contributed by atoms with van der Waals surface area (Å²) in [5.74, 6) is 0. The van der Waals surface area contributed by atoms with Crippen LogP contribution in [-0.4, -0.2) is 18.3 Å². The van der Waals surface area contributed by atoms with Crippen LogP contribution in [0.15, 0.2) is 43.0 Å². The van der Waals surface area contributed by atoms with Gasteiger partial charge >= 0.3 is 0 Å². The maximum absolute atomic E-state index is 6.56. The van der Waals surface area contributed by atoms with Crippen molar-refractivity contribution in [2.45, 2.75) is 70.7 Å². The van der Waals surface area contributed by atoms with Crippen molar-refractivity contribution >= 4 is 0 Å². The predicted molar refractivity (Wildman–Crippen MR) is 96.4 cm³/mol. The summed E-state index contributed by atoms with van der Waals surface area (Å²) < 4.78 is 12.4. The molecule has 0 spiro atoms. The molecular formula is C21H32O2.